The van der Waals surface area contributed by atoms with E-state index in [9.17, 15) is 14.4 Å². The van der Waals surface area contributed by atoms with Crippen molar-refractivity contribution < 1.29 is 14.4 Å². The molecule has 0 aliphatic carbocycles. The lowest BCUT2D eigenvalue weighted by molar-refractivity contribution is -0.139. The van der Waals surface area contributed by atoms with Crippen molar-refractivity contribution in [2.45, 2.75) is 52.2 Å². The van der Waals surface area contributed by atoms with Crippen LogP contribution in [0.3, 0.4) is 0 Å². The van der Waals surface area contributed by atoms with Gasteiger partial charge in [-0.2, -0.15) is 5.01 Å². The molecular weight excluding hydrogens is 326 g/mol. The van der Waals surface area contributed by atoms with Crippen molar-refractivity contribution in [2.24, 2.45) is 0 Å². The van der Waals surface area contributed by atoms with Gasteiger partial charge in [0.25, 0.3) is 11.8 Å². The standard InChI is InChI=1S/C15H23N7O3/c1-4-10-17-18-11-8-20(6-7-21(10)11)9-12(23)19-22-13(24)15(3,5-2)16-14(22)25/h4-9H2,1-3H3,(H,16,25)(H,19,23)/t15-/m0/s1. The minimum Gasteiger partial charge on any atom is -0.322 e. The van der Waals surface area contributed by atoms with Crippen molar-refractivity contribution in [2.75, 3.05) is 13.1 Å². The first-order valence-electron chi connectivity index (χ1n) is 8.47. The number of aromatic nitrogens is 3. The van der Waals surface area contributed by atoms with Crippen LogP contribution in [0.15, 0.2) is 0 Å². The Morgan fingerprint density at radius 3 is 2.68 bits per heavy atom. The van der Waals surface area contributed by atoms with Gasteiger partial charge in [-0.1, -0.05) is 13.8 Å². The fourth-order valence-electron chi connectivity index (χ4n) is 3.05. The molecule has 1 fully saturated rings. The summed E-state index contributed by atoms with van der Waals surface area (Å²) in [5.41, 5.74) is 1.43. The van der Waals surface area contributed by atoms with Crippen LogP contribution in [0, 0.1) is 0 Å². The van der Waals surface area contributed by atoms with Crippen LogP contribution in [-0.2, 0) is 29.1 Å². The molecule has 4 amide bonds. The van der Waals surface area contributed by atoms with Gasteiger partial charge in [-0.15, -0.1) is 10.2 Å². The normalized spacial score (nSPS) is 23.6. The van der Waals surface area contributed by atoms with Gasteiger partial charge in [0, 0.05) is 19.5 Å². The van der Waals surface area contributed by atoms with Crippen LogP contribution in [-0.4, -0.2) is 61.1 Å². The zero-order chi connectivity index (χ0) is 18.2. The summed E-state index contributed by atoms with van der Waals surface area (Å²) in [5, 5.41) is 11.7. The van der Waals surface area contributed by atoms with Crippen molar-refractivity contribution in [1.29, 1.82) is 0 Å². The second-order valence-corrected chi connectivity index (χ2v) is 6.54. The smallest absolute Gasteiger partial charge is 0.322 e. The van der Waals surface area contributed by atoms with E-state index in [1.807, 2.05) is 11.8 Å². The number of hydrogen-bond acceptors (Lipinski definition) is 6. The lowest BCUT2D eigenvalue weighted by Gasteiger charge is -2.27. The Morgan fingerprint density at radius 2 is 2.04 bits per heavy atom. The van der Waals surface area contributed by atoms with Crippen molar-refractivity contribution in [3.05, 3.63) is 11.6 Å². The van der Waals surface area contributed by atoms with E-state index in [-0.39, 0.29) is 6.54 Å². The molecule has 1 aromatic heterocycles. The molecule has 2 aliphatic heterocycles. The molecule has 25 heavy (non-hydrogen) atoms. The van der Waals surface area contributed by atoms with E-state index in [1.165, 1.54) is 0 Å². The minimum atomic E-state index is -0.970. The molecule has 0 unspecified atom stereocenters. The zero-order valence-electron chi connectivity index (χ0n) is 14.7. The highest BCUT2D eigenvalue weighted by Crippen LogP contribution is 2.19. The number of aryl methyl sites for hydroxylation is 1. The first-order chi connectivity index (χ1) is 11.9. The monoisotopic (exact) mass is 349 g/mol. The Bertz CT molecular complexity index is 716. The van der Waals surface area contributed by atoms with Gasteiger partial charge in [-0.3, -0.25) is 19.9 Å². The summed E-state index contributed by atoms with van der Waals surface area (Å²) < 4.78 is 2.07. The number of nitrogens with one attached hydrogen (secondary N) is 2. The average molecular weight is 349 g/mol. The quantitative estimate of drug-likeness (QED) is 0.687. The molecule has 0 spiro atoms. The molecule has 1 atom stereocenters. The Kier molecular flexibility index (Phi) is 4.46. The summed E-state index contributed by atoms with van der Waals surface area (Å²) in [6, 6.07) is -0.603. The van der Waals surface area contributed by atoms with Gasteiger partial charge in [0.15, 0.2) is 0 Å². The topological polar surface area (TPSA) is 112 Å². The van der Waals surface area contributed by atoms with Crippen molar-refractivity contribution in [3.8, 4) is 0 Å². The molecule has 136 valence electrons. The van der Waals surface area contributed by atoms with Crippen molar-refractivity contribution >= 4 is 17.8 Å². The molecule has 3 heterocycles. The molecule has 10 heteroatoms. The number of carbonyl (C=O) groups is 3. The highest BCUT2D eigenvalue weighted by atomic mass is 16.2. The number of imide groups is 1. The van der Waals surface area contributed by atoms with E-state index in [4.69, 9.17) is 0 Å². The van der Waals surface area contributed by atoms with Crippen LogP contribution in [0.4, 0.5) is 4.79 Å². The van der Waals surface area contributed by atoms with Gasteiger partial charge in [0.2, 0.25) is 0 Å². The zero-order valence-corrected chi connectivity index (χ0v) is 14.7. The summed E-state index contributed by atoms with van der Waals surface area (Å²) in [4.78, 5) is 38.4. The summed E-state index contributed by atoms with van der Waals surface area (Å²) >= 11 is 0. The Morgan fingerprint density at radius 1 is 1.28 bits per heavy atom. The largest absolute Gasteiger partial charge is 0.344 e. The van der Waals surface area contributed by atoms with Crippen LogP contribution in [0.2, 0.25) is 0 Å². The first kappa shape index (κ1) is 17.3. The number of hydrogen-bond donors (Lipinski definition) is 2. The van der Waals surface area contributed by atoms with Crippen LogP contribution in [0.5, 0.6) is 0 Å². The molecule has 0 aromatic carbocycles. The molecule has 3 rings (SSSR count). The summed E-state index contributed by atoms with van der Waals surface area (Å²) in [6.07, 6.45) is 1.27. The molecule has 2 aliphatic rings. The van der Waals surface area contributed by atoms with E-state index in [1.54, 1.807) is 13.8 Å². The van der Waals surface area contributed by atoms with E-state index in [0.717, 1.165) is 29.6 Å². The third-order valence-electron chi connectivity index (χ3n) is 4.80. The van der Waals surface area contributed by atoms with Crippen molar-refractivity contribution in [1.82, 2.24) is 35.4 Å². The predicted octanol–water partition coefficient (Wildman–Crippen LogP) is -0.592. The predicted molar refractivity (Wildman–Crippen MR) is 86.9 cm³/mol. The third-order valence-corrected chi connectivity index (χ3v) is 4.80. The molecule has 0 bridgehead atoms. The van der Waals surface area contributed by atoms with E-state index < -0.39 is 23.4 Å². The van der Waals surface area contributed by atoms with Crippen LogP contribution in [0.1, 0.15) is 38.8 Å². The average Bonchev–Trinajstić information content (AvgIpc) is 3.09. The fourth-order valence-corrected chi connectivity index (χ4v) is 3.05. The maximum atomic E-state index is 12.3. The maximum Gasteiger partial charge on any atom is 0.344 e. The second kappa shape index (κ2) is 6.43. The number of amides is 4. The number of nitrogens with zero attached hydrogens (tertiary/aromatic N) is 5. The lowest BCUT2D eigenvalue weighted by Crippen LogP contribution is -2.51. The Hall–Kier alpha value is -2.49. The van der Waals surface area contributed by atoms with Gasteiger partial charge in [-0.25, -0.2) is 4.79 Å². The summed E-state index contributed by atoms with van der Waals surface area (Å²) in [5.74, 6) is 0.911. The number of urea groups is 1. The molecule has 10 nitrogen and oxygen atoms in total. The molecule has 1 aromatic rings. The molecule has 2 N–H and O–H groups in total. The third kappa shape index (κ3) is 3.09. The minimum absolute atomic E-state index is 0.0776. The van der Waals surface area contributed by atoms with Crippen LogP contribution in [0.25, 0.3) is 0 Å². The van der Waals surface area contributed by atoms with E-state index >= 15 is 0 Å². The Labute approximate surface area is 145 Å². The van der Waals surface area contributed by atoms with Gasteiger partial charge < -0.3 is 9.88 Å². The number of carbonyl (C=O) groups excluding carboxylic acids is 3. The van der Waals surface area contributed by atoms with Gasteiger partial charge >= 0.3 is 6.03 Å². The summed E-state index contributed by atoms with van der Waals surface area (Å²) in [6.45, 7) is 7.45. The van der Waals surface area contributed by atoms with Gasteiger partial charge in [-0.05, 0) is 13.3 Å². The second-order valence-electron chi connectivity index (χ2n) is 6.54. The molecular formula is C15H23N7O3. The SMILES string of the molecule is CCc1nnc2n1CCN(CC(=O)NN1C(=O)N[C@@](C)(CC)C1=O)C2. The first-order valence-corrected chi connectivity index (χ1v) is 8.47. The van der Waals surface area contributed by atoms with E-state index in [0.29, 0.717) is 19.5 Å². The fraction of sp³-hybridized carbons (Fsp3) is 0.667. The number of rotatable bonds is 5. The van der Waals surface area contributed by atoms with E-state index in [2.05, 4.69) is 25.5 Å². The Balaban J connectivity index is 1.59. The molecule has 1 saturated heterocycles. The number of fused-ring (bicyclic) bond motifs is 1. The maximum absolute atomic E-state index is 12.3. The summed E-state index contributed by atoms with van der Waals surface area (Å²) in [7, 11) is 0. The highest BCUT2D eigenvalue weighted by Gasteiger charge is 2.47. The van der Waals surface area contributed by atoms with Crippen LogP contribution < -0.4 is 10.7 Å². The van der Waals surface area contributed by atoms with Crippen LogP contribution >= 0.6 is 0 Å². The van der Waals surface area contributed by atoms with Gasteiger partial charge in [0.05, 0.1) is 13.1 Å². The highest BCUT2D eigenvalue weighted by molar-refractivity contribution is 6.07. The number of hydrazine groups is 1. The molecule has 0 radical (unpaired) electrons. The molecule has 0 saturated carbocycles. The van der Waals surface area contributed by atoms with Crippen molar-refractivity contribution in [3.63, 3.8) is 0 Å². The lowest BCUT2D eigenvalue weighted by atomic mass is 10.00. The van der Waals surface area contributed by atoms with Gasteiger partial charge in [0.1, 0.15) is 17.2 Å².